The average molecular weight is 284 g/mol. The summed E-state index contributed by atoms with van der Waals surface area (Å²) in [7, 11) is 0. The molecule has 0 aliphatic carbocycles. The SMILES string of the molecule is Cc1cnn(CCNC2CCN(Cc3ccccc3)C2)c1. The second kappa shape index (κ2) is 6.87. The van der Waals surface area contributed by atoms with E-state index in [2.05, 4.69) is 58.8 Å². The molecule has 0 radical (unpaired) electrons. The molecule has 1 aliphatic rings. The molecule has 1 unspecified atom stereocenters. The van der Waals surface area contributed by atoms with Crippen molar-refractivity contribution < 1.29 is 0 Å². The predicted octanol–water partition coefficient (Wildman–Crippen LogP) is 2.06. The zero-order valence-electron chi connectivity index (χ0n) is 12.7. The molecule has 0 amide bonds. The molecule has 0 spiro atoms. The van der Waals surface area contributed by atoms with Gasteiger partial charge in [0.15, 0.2) is 0 Å². The molecule has 4 nitrogen and oxygen atoms in total. The molecular formula is C17H24N4. The summed E-state index contributed by atoms with van der Waals surface area (Å²) in [6, 6.07) is 11.3. The number of hydrogen-bond donors (Lipinski definition) is 1. The number of nitrogens with zero attached hydrogens (tertiary/aromatic N) is 3. The van der Waals surface area contributed by atoms with Crippen LogP contribution in [0.3, 0.4) is 0 Å². The molecule has 21 heavy (non-hydrogen) atoms. The Morgan fingerprint density at radius 1 is 1.29 bits per heavy atom. The largest absolute Gasteiger partial charge is 0.311 e. The van der Waals surface area contributed by atoms with Crippen molar-refractivity contribution in [2.45, 2.75) is 32.5 Å². The van der Waals surface area contributed by atoms with E-state index in [-0.39, 0.29) is 0 Å². The van der Waals surface area contributed by atoms with E-state index < -0.39 is 0 Å². The van der Waals surface area contributed by atoms with Gasteiger partial charge in [-0.15, -0.1) is 0 Å². The molecule has 112 valence electrons. The molecule has 3 rings (SSSR count). The van der Waals surface area contributed by atoms with Crippen LogP contribution in [0.2, 0.25) is 0 Å². The lowest BCUT2D eigenvalue weighted by Gasteiger charge is -2.16. The molecule has 1 aromatic carbocycles. The summed E-state index contributed by atoms with van der Waals surface area (Å²) in [6.07, 6.45) is 5.25. The van der Waals surface area contributed by atoms with Crippen LogP contribution in [0, 0.1) is 6.92 Å². The van der Waals surface area contributed by atoms with Crippen molar-refractivity contribution in [2.24, 2.45) is 0 Å². The number of hydrogen-bond acceptors (Lipinski definition) is 3. The minimum atomic E-state index is 0.616. The van der Waals surface area contributed by atoms with Crippen LogP contribution in [-0.2, 0) is 13.1 Å². The molecule has 0 bridgehead atoms. The Labute approximate surface area is 126 Å². The van der Waals surface area contributed by atoms with Crippen LogP contribution in [0.25, 0.3) is 0 Å². The summed E-state index contributed by atoms with van der Waals surface area (Å²) >= 11 is 0. The molecular weight excluding hydrogens is 260 g/mol. The Hall–Kier alpha value is -1.65. The van der Waals surface area contributed by atoms with Crippen LogP contribution in [0.4, 0.5) is 0 Å². The van der Waals surface area contributed by atoms with Gasteiger partial charge in [0.05, 0.1) is 12.7 Å². The molecule has 2 aromatic rings. The first-order valence-electron chi connectivity index (χ1n) is 7.78. The Bertz CT molecular complexity index is 549. The lowest BCUT2D eigenvalue weighted by atomic mass is 10.2. The molecule has 1 aliphatic heterocycles. The summed E-state index contributed by atoms with van der Waals surface area (Å²) in [5, 5.41) is 7.97. The quantitative estimate of drug-likeness (QED) is 0.881. The fraction of sp³-hybridized carbons (Fsp3) is 0.471. The third-order valence-electron chi connectivity index (χ3n) is 4.06. The molecule has 1 fully saturated rings. The van der Waals surface area contributed by atoms with Crippen LogP contribution < -0.4 is 5.32 Å². The lowest BCUT2D eigenvalue weighted by Crippen LogP contribution is -2.34. The summed E-state index contributed by atoms with van der Waals surface area (Å²) < 4.78 is 2.01. The van der Waals surface area contributed by atoms with Crippen molar-refractivity contribution in [2.75, 3.05) is 19.6 Å². The number of likely N-dealkylation sites (tertiary alicyclic amines) is 1. The fourth-order valence-corrected chi connectivity index (χ4v) is 2.96. The minimum absolute atomic E-state index is 0.616. The smallest absolute Gasteiger partial charge is 0.0534 e. The molecule has 2 heterocycles. The highest BCUT2D eigenvalue weighted by molar-refractivity contribution is 5.14. The lowest BCUT2D eigenvalue weighted by molar-refractivity contribution is 0.319. The van der Waals surface area contributed by atoms with Gasteiger partial charge in [-0.3, -0.25) is 9.58 Å². The highest BCUT2D eigenvalue weighted by Crippen LogP contribution is 2.13. The number of aromatic nitrogens is 2. The summed E-state index contributed by atoms with van der Waals surface area (Å²) in [5.41, 5.74) is 2.63. The van der Waals surface area contributed by atoms with Gasteiger partial charge in [-0.1, -0.05) is 30.3 Å². The van der Waals surface area contributed by atoms with Gasteiger partial charge in [0.2, 0.25) is 0 Å². The maximum Gasteiger partial charge on any atom is 0.0534 e. The van der Waals surface area contributed by atoms with Crippen molar-refractivity contribution in [3.05, 3.63) is 53.9 Å². The van der Waals surface area contributed by atoms with Crippen molar-refractivity contribution in [1.29, 1.82) is 0 Å². The number of benzene rings is 1. The first kappa shape index (κ1) is 14.3. The number of aryl methyl sites for hydroxylation is 1. The Kier molecular flexibility index (Phi) is 4.68. The van der Waals surface area contributed by atoms with Gasteiger partial charge in [-0.2, -0.15) is 5.10 Å². The van der Waals surface area contributed by atoms with E-state index in [0.717, 1.165) is 26.2 Å². The van der Waals surface area contributed by atoms with E-state index in [9.17, 15) is 0 Å². The standard InChI is InChI=1S/C17H24N4/c1-15-11-19-21(12-15)10-8-18-17-7-9-20(14-17)13-16-5-3-2-4-6-16/h2-6,11-12,17-18H,7-10,13-14H2,1H3. The second-order valence-corrected chi connectivity index (χ2v) is 5.94. The molecule has 1 saturated heterocycles. The van der Waals surface area contributed by atoms with Crippen LogP contribution >= 0.6 is 0 Å². The first-order valence-corrected chi connectivity index (χ1v) is 7.78. The summed E-state index contributed by atoms with van der Waals surface area (Å²) in [4.78, 5) is 2.53. The van der Waals surface area contributed by atoms with E-state index in [4.69, 9.17) is 0 Å². The summed E-state index contributed by atoms with van der Waals surface area (Å²) in [6.45, 7) is 7.42. The van der Waals surface area contributed by atoms with Crippen molar-refractivity contribution in [3.8, 4) is 0 Å². The van der Waals surface area contributed by atoms with E-state index in [0.29, 0.717) is 6.04 Å². The highest BCUT2D eigenvalue weighted by atomic mass is 15.3. The fourth-order valence-electron chi connectivity index (χ4n) is 2.96. The van der Waals surface area contributed by atoms with Gasteiger partial charge in [0.1, 0.15) is 0 Å². The van der Waals surface area contributed by atoms with Crippen LogP contribution in [0.5, 0.6) is 0 Å². The molecule has 0 saturated carbocycles. The number of nitrogens with one attached hydrogen (secondary N) is 1. The Balaban J connectivity index is 1.38. The molecule has 4 heteroatoms. The van der Waals surface area contributed by atoms with Gasteiger partial charge in [-0.05, 0) is 24.5 Å². The van der Waals surface area contributed by atoms with Crippen molar-refractivity contribution >= 4 is 0 Å². The predicted molar refractivity (Wildman–Crippen MR) is 85.1 cm³/mol. The Morgan fingerprint density at radius 2 is 2.14 bits per heavy atom. The molecule has 1 N–H and O–H groups in total. The topological polar surface area (TPSA) is 33.1 Å². The first-order chi connectivity index (χ1) is 10.3. The van der Waals surface area contributed by atoms with Crippen LogP contribution in [0.1, 0.15) is 17.5 Å². The van der Waals surface area contributed by atoms with Gasteiger partial charge in [-0.25, -0.2) is 0 Å². The van der Waals surface area contributed by atoms with E-state index in [1.807, 2.05) is 10.9 Å². The zero-order chi connectivity index (χ0) is 14.5. The van der Waals surface area contributed by atoms with E-state index >= 15 is 0 Å². The zero-order valence-corrected chi connectivity index (χ0v) is 12.7. The maximum absolute atomic E-state index is 4.32. The average Bonchev–Trinajstić information content (AvgIpc) is 3.10. The maximum atomic E-state index is 4.32. The third kappa shape index (κ3) is 4.16. The van der Waals surface area contributed by atoms with Crippen LogP contribution in [0.15, 0.2) is 42.7 Å². The monoisotopic (exact) mass is 284 g/mol. The van der Waals surface area contributed by atoms with Gasteiger partial charge >= 0.3 is 0 Å². The van der Waals surface area contributed by atoms with E-state index in [1.165, 1.54) is 24.1 Å². The molecule has 1 atom stereocenters. The summed E-state index contributed by atoms with van der Waals surface area (Å²) in [5.74, 6) is 0. The molecule has 1 aromatic heterocycles. The van der Waals surface area contributed by atoms with Crippen LogP contribution in [-0.4, -0.2) is 40.4 Å². The Morgan fingerprint density at radius 3 is 2.90 bits per heavy atom. The van der Waals surface area contributed by atoms with Gasteiger partial charge < -0.3 is 5.32 Å². The third-order valence-corrected chi connectivity index (χ3v) is 4.06. The number of rotatable bonds is 6. The minimum Gasteiger partial charge on any atom is -0.311 e. The van der Waals surface area contributed by atoms with E-state index in [1.54, 1.807) is 0 Å². The highest BCUT2D eigenvalue weighted by Gasteiger charge is 2.21. The second-order valence-electron chi connectivity index (χ2n) is 5.94. The van der Waals surface area contributed by atoms with Crippen molar-refractivity contribution in [3.63, 3.8) is 0 Å². The van der Waals surface area contributed by atoms with Crippen molar-refractivity contribution in [1.82, 2.24) is 20.0 Å². The van der Waals surface area contributed by atoms with Gasteiger partial charge in [0.25, 0.3) is 0 Å². The normalized spacial score (nSPS) is 19.2. The van der Waals surface area contributed by atoms with Gasteiger partial charge in [0, 0.05) is 38.4 Å².